The molecule has 5 rings (SSSR count). The zero-order valence-corrected chi connectivity index (χ0v) is 21.7. The first kappa shape index (κ1) is 25.2. The highest BCUT2D eigenvalue weighted by atomic mass is 16.5. The highest BCUT2D eigenvalue weighted by Gasteiger charge is 2.23. The van der Waals surface area contributed by atoms with E-state index in [1.54, 1.807) is 13.0 Å². The molecule has 0 spiro atoms. The number of anilines is 1. The largest absolute Gasteiger partial charge is 0.471 e. The minimum Gasteiger partial charge on any atom is -0.471 e. The summed E-state index contributed by atoms with van der Waals surface area (Å²) in [5, 5.41) is 13.9. The number of imidazole rings is 1. The molecule has 0 bridgehead atoms. The van der Waals surface area contributed by atoms with Gasteiger partial charge in [0.05, 0.1) is 12.3 Å². The van der Waals surface area contributed by atoms with Gasteiger partial charge in [0, 0.05) is 30.6 Å². The number of carbonyl (C=O) groups excluding carboxylic acids is 1. The second-order valence-corrected chi connectivity index (χ2v) is 9.43. The van der Waals surface area contributed by atoms with Gasteiger partial charge in [0.15, 0.2) is 0 Å². The number of hydrogen-bond donors (Lipinski definition) is 3. The van der Waals surface area contributed by atoms with Crippen molar-refractivity contribution in [2.45, 2.75) is 52.7 Å². The molecule has 0 radical (unpaired) electrons. The summed E-state index contributed by atoms with van der Waals surface area (Å²) in [7, 11) is 0. The van der Waals surface area contributed by atoms with Crippen LogP contribution in [0.5, 0.6) is 5.88 Å². The molecule has 0 aliphatic heterocycles. The monoisotopic (exact) mass is 513 g/mol. The van der Waals surface area contributed by atoms with Crippen LogP contribution in [0, 0.1) is 19.3 Å². The first-order valence-electron chi connectivity index (χ1n) is 12.7. The highest BCUT2D eigenvalue weighted by Crippen LogP contribution is 2.39. The van der Waals surface area contributed by atoms with Crippen LogP contribution in [0.4, 0.5) is 10.6 Å². The quantitative estimate of drug-likeness (QED) is 0.215. The molecule has 1 fully saturated rings. The van der Waals surface area contributed by atoms with Crippen molar-refractivity contribution in [2.24, 2.45) is 0 Å². The smallest absolute Gasteiger partial charge is 0.412 e. The second-order valence-electron chi connectivity index (χ2n) is 9.43. The highest BCUT2D eigenvalue weighted by molar-refractivity contribution is 6.04. The van der Waals surface area contributed by atoms with Crippen LogP contribution < -0.4 is 15.4 Å². The van der Waals surface area contributed by atoms with Gasteiger partial charge in [0.1, 0.15) is 30.2 Å². The van der Waals surface area contributed by atoms with Crippen molar-refractivity contribution in [1.82, 2.24) is 24.7 Å². The van der Waals surface area contributed by atoms with Gasteiger partial charge in [0.2, 0.25) is 5.88 Å². The summed E-state index contributed by atoms with van der Waals surface area (Å²) in [5.41, 5.74) is 6.78. The van der Waals surface area contributed by atoms with Gasteiger partial charge in [-0.25, -0.2) is 19.7 Å². The molecule has 1 saturated carbocycles. The van der Waals surface area contributed by atoms with Crippen molar-refractivity contribution in [3.63, 3.8) is 0 Å². The average Bonchev–Trinajstić information content (AvgIpc) is 3.66. The molecule has 10 nitrogen and oxygen atoms in total. The number of aryl methyl sites for hydroxylation is 2. The topological polar surface area (TPSA) is 127 Å². The second kappa shape index (κ2) is 10.9. The fourth-order valence-corrected chi connectivity index (χ4v) is 4.39. The summed E-state index contributed by atoms with van der Waals surface area (Å²) in [4.78, 5) is 24.8. The van der Waals surface area contributed by atoms with E-state index in [1.807, 2.05) is 32.2 Å². The van der Waals surface area contributed by atoms with Gasteiger partial charge in [-0.2, -0.15) is 0 Å². The Morgan fingerprint density at radius 3 is 2.66 bits per heavy atom. The standard InChI is InChI=1S/C28H31N7O3/c1-4-37-28(36)34-27(29)21-9-17(2)23(18(3)10-21)12-30-24-11-26(32-16-31-24)38-15-22-14-35-13-20(19-5-6-19)7-8-25(35)33-22/h7-11,13-14,16,19H,4-6,12,15H2,1-3H3,(H2,29,34,36)(H,30,31,32). The molecule has 3 aromatic heterocycles. The lowest BCUT2D eigenvalue weighted by Gasteiger charge is -2.15. The zero-order valence-electron chi connectivity index (χ0n) is 21.7. The van der Waals surface area contributed by atoms with Gasteiger partial charge in [-0.3, -0.25) is 10.7 Å². The van der Waals surface area contributed by atoms with Crippen LogP contribution in [-0.2, 0) is 17.9 Å². The maximum atomic E-state index is 11.6. The van der Waals surface area contributed by atoms with E-state index in [-0.39, 0.29) is 12.4 Å². The summed E-state index contributed by atoms with van der Waals surface area (Å²) in [6, 6.07) is 9.72. The Bertz CT molecular complexity index is 1470. The number of aromatic nitrogens is 4. The third-order valence-electron chi connectivity index (χ3n) is 6.52. The van der Waals surface area contributed by atoms with E-state index in [9.17, 15) is 4.79 Å². The average molecular weight is 514 g/mol. The molecule has 4 aromatic rings. The van der Waals surface area contributed by atoms with E-state index in [1.165, 1.54) is 24.7 Å². The Labute approximate surface area is 221 Å². The lowest BCUT2D eigenvalue weighted by molar-refractivity contribution is 0.158. The molecule has 0 unspecified atom stereocenters. The van der Waals surface area contributed by atoms with Crippen molar-refractivity contribution in [1.29, 1.82) is 5.41 Å². The minimum absolute atomic E-state index is 0.000660. The number of pyridine rings is 1. The SMILES string of the molecule is CCOC(=O)NC(=N)c1cc(C)c(CNc2cc(OCc3cn4cc(C5CC5)ccc4n3)ncn2)c(C)c1. The van der Waals surface area contributed by atoms with Crippen molar-refractivity contribution in [2.75, 3.05) is 11.9 Å². The number of carbonyl (C=O) groups is 1. The number of benzene rings is 1. The van der Waals surface area contributed by atoms with Gasteiger partial charge >= 0.3 is 6.09 Å². The molecule has 3 N–H and O–H groups in total. The van der Waals surface area contributed by atoms with Crippen LogP contribution in [0.25, 0.3) is 5.65 Å². The van der Waals surface area contributed by atoms with Crippen molar-refractivity contribution in [3.8, 4) is 5.88 Å². The predicted molar refractivity (Wildman–Crippen MR) is 144 cm³/mol. The van der Waals surface area contributed by atoms with Crippen LogP contribution in [-0.4, -0.2) is 37.9 Å². The number of nitrogens with zero attached hydrogens (tertiary/aromatic N) is 4. The molecular formula is C28H31N7O3. The first-order chi connectivity index (χ1) is 18.4. The maximum Gasteiger partial charge on any atom is 0.412 e. The van der Waals surface area contributed by atoms with Crippen LogP contribution >= 0.6 is 0 Å². The van der Waals surface area contributed by atoms with Gasteiger partial charge in [-0.1, -0.05) is 6.07 Å². The Hall–Kier alpha value is -4.47. The number of amides is 1. The van der Waals surface area contributed by atoms with Gasteiger partial charge in [-0.15, -0.1) is 0 Å². The molecule has 1 aromatic carbocycles. The summed E-state index contributed by atoms with van der Waals surface area (Å²) < 4.78 is 12.8. The number of ether oxygens (including phenoxy) is 2. The van der Waals surface area contributed by atoms with Crippen molar-refractivity contribution in [3.05, 3.63) is 82.6 Å². The van der Waals surface area contributed by atoms with Crippen LogP contribution in [0.3, 0.4) is 0 Å². The van der Waals surface area contributed by atoms with Crippen LogP contribution in [0.15, 0.2) is 49.1 Å². The number of fused-ring (bicyclic) bond motifs is 1. The van der Waals surface area contributed by atoms with E-state index >= 15 is 0 Å². The summed E-state index contributed by atoms with van der Waals surface area (Å²) in [6.45, 7) is 6.76. The summed E-state index contributed by atoms with van der Waals surface area (Å²) in [5.74, 6) is 1.79. The summed E-state index contributed by atoms with van der Waals surface area (Å²) >= 11 is 0. The van der Waals surface area contributed by atoms with E-state index in [2.05, 4.69) is 48.3 Å². The molecule has 1 aliphatic carbocycles. The molecule has 38 heavy (non-hydrogen) atoms. The lowest BCUT2D eigenvalue weighted by atomic mass is 9.98. The van der Waals surface area contributed by atoms with Crippen LogP contribution in [0.2, 0.25) is 0 Å². The molecule has 0 atom stereocenters. The normalized spacial score (nSPS) is 12.8. The summed E-state index contributed by atoms with van der Waals surface area (Å²) in [6.07, 6.45) is 7.53. The third-order valence-corrected chi connectivity index (χ3v) is 6.52. The lowest BCUT2D eigenvalue weighted by Crippen LogP contribution is -2.31. The van der Waals surface area contributed by atoms with E-state index in [4.69, 9.17) is 14.9 Å². The van der Waals surface area contributed by atoms with E-state index in [0.29, 0.717) is 36.3 Å². The third kappa shape index (κ3) is 5.91. The van der Waals surface area contributed by atoms with Crippen LogP contribution in [0.1, 0.15) is 59.2 Å². The zero-order chi connectivity index (χ0) is 26.6. The first-order valence-corrected chi connectivity index (χ1v) is 12.7. The molecular weight excluding hydrogens is 482 g/mol. The van der Waals surface area contributed by atoms with Gasteiger partial charge < -0.3 is 19.2 Å². The number of amidine groups is 1. The molecule has 0 saturated heterocycles. The number of hydrogen-bond acceptors (Lipinski definition) is 8. The Kier molecular flexibility index (Phi) is 7.21. The fourth-order valence-electron chi connectivity index (χ4n) is 4.39. The molecule has 3 heterocycles. The Balaban J connectivity index is 1.19. The maximum absolute atomic E-state index is 11.6. The molecule has 10 heteroatoms. The van der Waals surface area contributed by atoms with Gasteiger partial charge in [0.25, 0.3) is 0 Å². The molecule has 196 valence electrons. The number of alkyl carbamates (subject to hydrolysis) is 1. The molecule has 1 aliphatic rings. The Morgan fingerprint density at radius 2 is 1.92 bits per heavy atom. The van der Waals surface area contributed by atoms with E-state index in [0.717, 1.165) is 28.0 Å². The Morgan fingerprint density at radius 1 is 1.13 bits per heavy atom. The molecule has 1 amide bonds. The van der Waals surface area contributed by atoms with E-state index < -0.39 is 6.09 Å². The number of rotatable bonds is 9. The van der Waals surface area contributed by atoms with Crippen molar-refractivity contribution >= 4 is 23.4 Å². The number of nitrogens with one attached hydrogen (secondary N) is 3. The van der Waals surface area contributed by atoms with Gasteiger partial charge in [-0.05, 0) is 80.0 Å². The minimum atomic E-state index is -0.635. The predicted octanol–water partition coefficient (Wildman–Crippen LogP) is 4.88. The fraction of sp³-hybridized carbons (Fsp3) is 0.321. The van der Waals surface area contributed by atoms with Crippen molar-refractivity contribution < 1.29 is 14.3 Å².